The molecule has 1 aliphatic rings. The molecular weight excluding hydrogens is 210 g/mol. The lowest BCUT2D eigenvalue weighted by atomic mass is 10.1. The minimum absolute atomic E-state index is 0.544. The number of nitrogens with zero attached hydrogens (tertiary/aromatic N) is 1. The molecule has 1 aliphatic heterocycles. The van der Waals surface area contributed by atoms with Gasteiger partial charge in [0.15, 0.2) is 0 Å². The van der Waals surface area contributed by atoms with Crippen LogP contribution in [-0.4, -0.2) is 24.1 Å². The molecule has 3 nitrogen and oxygen atoms in total. The van der Waals surface area contributed by atoms with E-state index in [0.29, 0.717) is 6.04 Å². The lowest BCUT2D eigenvalue weighted by Gasteiger charge is -2.25. The van der Waals surface area contributed by atoms with E-state index in [0.717, 1.165) is 13.1 Å². The average Bonchev–Trinajstić information content (AvgIpc) is 2.40. The second-order valence-corrected chi connectivity index (χ2v) is 4.59. The molecule has 17 heavy (non-hydrogen) atoms. The van der Waals surface area contributed by atoms with E-state index in [1.165, 1.54) is 29.3 Å². The molecule has 0 bridgehead atoms. The first-order valence-corrected chi connectivity index (χ1v) is 6.23. The topological polar surface area (TPSA) is 37.0 Å². The van der Waals surface area contributed by atoms with Gasteiger partial charge in [0.1, 0.15) is 0 Å². The van der Waals surface area contributed by atoms with Crippen molar-refractivity contribution in [3.8, 4) is 0 Å². The van der Waals surface area contributed by atoms with Crippen LogP contribution in [0.2, 0.25) is 0 Å². The molecule has 1 aromatic heterocycles. The Kier molecular flexibility index (Phi) is 2.92. The van der Waals surface area contributed by atoms with Crippen molar-refractivity contribution in [3.63, 3.8) is 0 Å². The van der Waals surface area contributed by atoms with E-state index in [1.54, 1.807) is 0 Å². The molecular formula is C14H17N3. The molecule has 0 saturated carbocycles. The number of piperidine rings is 1. The molecule has 2 N–H and O–H groups in total. The maximum absolute atomic E-state index is 4.16. The summed E-state index contributed by atoms with van der Waals surface area (Å²) in [4.78, 5) is 4.16. The third-order valence-corrected chi connectivity index (χ3v) is 3.34. The number of anilines is 1. The molecule has 3 rings (SSSR count). The highest BCUT2D eigenvalue weighted by molar-refractivity contribution is 5.93. The van der Waals surface area contributed by atoms with E-state index in [1.807, 2.05) is 12.4 Å². The number of nitrogens with one attached hydrogen (secondary N) is 2. The van der Waals surface area contributed by atoms with Gasteiger partial charge in [0, 0.05) is 41.4 Å². The summed E-state index contributed by atoms with van der Waals surface area (Å²) in [6.07, 6.45) is 6.27. The predicted octanol–water partition coefficient (Wildman–Crippen LogP) is 2.40. The second kappa shape index (κ2) is 4.72. The molecule has 0 unspecified atom stereocenters. The van der Waals surface area contributed by atoms with Crippen molar-refractivity contribution < 1.29 is 0 Å². The van der Waals surface area contributed by atoms with Crippen molar-refractivity contribution in [1.29, 1.82) is 0 Å². The number of aromatic nitrogens is 1. The molecule has 2 aromatic rings. The summed E-state index contributed by atoms with van der Waals surface area (Å²) in [6, 6.07) is 8.96. The van der Waals surface area contributed by atoms with Crippen LogP contribution < -0.4 is 10.6 Å². The number of pyridine rings is 1. The van der Waals surface area contributed by atoms with E-state index in [-0.39, 0.29) is 0 Å². The van der Waals surface area contributed by atoms with E-state index in [2.05, 4.69) is 39.9 Å². The summed E-state index contributed by atoms with van der Waals surface area (Å²) in [6.45, 7) is 2.21. The lowest BCUT2D eigenvalue weighted by Crippen LogP contribution is -2.38. The lowest BCUT2D eigenvalue weighted by molar-refractivity contribution is 0.480. The molecule has 2 heterocycles. The van der Waals surface area contributed by atoms with Crippen LogP contribution in [-0.2, 0) is 0 Å². The molecule has 88 valence electrons. The summed E-state index contributed by atoms with van der Waals surface area (Å²) in [5, 5.41) is 9.51. The van der Waals surface area contributed by atoms with Gasteiger partial charge in [-0.25, -0.2) is 0 Å². The van der Waals surface area contributed by atoms with E-state index >= 15 is 0 Å². The Bertz CT molecular complexity index is 498. The van der Waals surface area contributed by atoms with Gasteiger partial charge in [-0.15, -0.1) is 0 Å². The van der Waals surface area contributed by atoms with Crippen LogP contribution >= 0.6 is 0 Å². The van der Waals surface area contributed by atoms with Gasteiger partial charge in [-0.2, -0.15) is 0 Å². The number of hydrogen-bond acceptors (Lipinski definition) is 3. The Hall–Kier alpha value is -1.61. The van der Waals surface area contributed by atoms with E-state index in [4.69, 9.17) is 0 Å². The number of benzene rings is 1. The highest BCUT2D eigenvalue weighted by atomic mass is 15.0. The summed E-state index contributed by atoms with van der Waals surface area (Å²) in [5.41, 5.74) is 1.22. The second-order valence-electron chi connectivity index (χ2n) is 4.59. The van der Waals surface area contributed by atoms with Crippen molar-refractivity contribution in [2.45, 2.75) is 18.9 Å². The van der Waals surface area contributed by atoms with Crippen molar-refractivity contribution in [2.24, 2.45) is 0 Å². The fraction of sp³-hybridized carbons (Fsp3) is 0.357. The van der Waals surface area contributed by atoms with Crippen LogP contribution in [0, 0.1) is 0 Å². The van der Waals surface area contributed by atoms with E-state index < -0.39 is 0 Å². The third-order valence-electron chi connectivity index (χ3n) is 3.34. The number of hydrogen-bond donors (Lipinski definition) is 2. The first-order chi connectivity index (χ1) is 8.43. The van der Waals surface area contributed by atoms with Crippen LogP contribution in [0.4, 0.5) is 5.69 Å². The molecule has 0 aliphatic carbocycles. The quantitative estimate of drug-likeness (QED) is 0.827. The Balaban J connectivity index is 1.89. The van der Waals surface area contributed by atoms with Crippen LogP contribution in [0.3, 0.4) is 0 Å². The standard InChI is InChI=1S/C14H17N3/c1-3-11-9-16-8-6-13(11)14(5-1)17-12-4-2-7-15-10-12/h1,3,5-6,8-9,12,15,17H,2,4,7,10H2/t12-/m0/s1. The molecule has 3 heteroatoms. The minimum Gasteiger partial charge on any atom is -0.381 e. The fourth-order valence-electron chi connectivity index (χ4n) is 2.44. The first-order valence-electron chi connectivity index (χ1n) is 6.23. The predicted molar refractivity (Wildman–Crippen MR) is 71.3 cm³/mol. The molecule has 0 spiro atoms. The van der Waals surface area contributed by atoms with Gasteiger partial charge in [-0.05, 0) is 31.5 Å². The van der Waals surface area contributed by atoms with Gasteiger partial charge < -0.3 is 10.6 Å². The van der Waals surface area contributed by atoms with Crippen LogP contribution in [0.15, 0.2) is 36.7 Å². The van der Waals surface area contributed by atoms with Gasteiger partial charge in [0.2, 0.25) is 0 Å². The molecule has 0 radical (unpaired) electrons. The van der Waals surface area contributed by atoms with Gasteiger partial charge in [0.05, 0.1) is 0 Å². The zero-order valence-corrected chi connectivity index (χ0v) is 9.82. The van der Waals surface area contributed by atoms with Gasteiger partial charge >= 0.3 is 0 Å². The zero-order valence-electron chi connectivity index (χ0n) is 9.82. The Labute approximate surface area is 101 Å². The highest BCUT2D eigenvalue weighted by Gasteiger charge is 2.13. The van der Waals surface area contributed by atoms with Crippen LogP contribution in [0.5, 0.6) is 0 Å². The monoisotopic (exact) mass is 227 g/mol. The summed E-state index contributed by atoms with van der Waals surface area (Å²) < 4.78 is 0. The van der Waals surface area contributed by atoms with Crippen molar-refractivity contribution in [3.05, 3.63) is 36.7 Å². The smallest absolute Gasteiger partial charge is 0.0423 e. The summed E-state index contributed by atoms with van der Waals surface area (Å²) in [7, 11) is 0. The zero-order chi connectivity index (χ0) is 11.5. The Morgan fingerprint density at radius 2 is 2.29 bits per heavy atom. The maximum atomic E-state index is 4.16. The normalized spacial score (nSPS) is 20.4. The summed E-state index contributed by atoms with van der Waals surface area (Å²) in [5.74, 6) is 0. The SMILES string of the molecule is c1cc(N[C@H]2CCCNC2)c2ccncc2c1. The van der Waals surface area contributed by atoms with Gasteiger partial charge in [0.25, 0.3) is 0 Å². The fourth-order valence-corrected chi connectivity index (χ4v) is 2.44. The average molecular weight is 227 g/mol. The largest absolute Gasteiger partial charge is 0.381 e. The molecule has 0 amide bonds. The highest BCUT2D eigenvalue weighted by Crippen LogP contribution is 2.23. The number of fused-ring (bicyclic) bond motifs is 1. The van der Waals surface area contributed by atoms with Crippen molar-refractivity contribution in [1.82, 2.24) is 10.3 Å². The Morgan fingerprint density at radius 1 is 1.29 bits per heavy atom. The molecule has 1 atom stereocenters. The molecule has 1 fully saturated rings. The van der Waals surface area contributed by atoms with Gasteiger partial charge in [-0.1, -0.05) is 12.1 Å². The maximum Gasteiger partial charge on any atom is 0.0423 e. The van der Waals surface area contributed by atoms with E-state index in [9.17, 15) is 0 Å². The third kappa shape index (κ3) is 2.24. The van der Waals surface area contributed by atoms with Crippen LogP contribution in [0.25, 0.3) is 10.8 Å². The first kappa shape index (κ1) is 10.5. The molecule has 1 aromatic carbocycles. The number of rotatable bonds is 2. The minimum atomic E-state index is 0.544. The van der Waals surface area contributed by atoms with Gasteiger partial charge in [-0.3, -0.25) is 4.98 Å². The van der Waals surface area contributed by atoms with Crippen LogP contribution in [0.1, 0.15) is 12.8 Å². The molecule has 1 saturated heterocycles. The summed E-state index contributed by atoms with van der Waals surface area (Å²) >= 11 is 0. The van der Waals surface area contributed by atoms with Crippen molar-refractivity contribution >= 4 is 16.5 Å². The van der Waals surface area contributed by atoms with Crippen molar-refractivity contribution in [2.75, 3.05) is 18.4 Å². The Morgan fingerprint density at radius 3 is 3.18 bits per heavy atom.